The third kappa shape index (κ3) is 6.67. The summed E-state index contributed by atoms with van der Waals surface area (Å²) in [5.74, 6) is 0.498. The number of ether oxygens (including phenoxy) is 3. The van der Waals surface area contributed by atoms with Gasteiger partial charge in [0.1, 0.15) is 11.9 Å². The van der Waals surface area contributed by atoms with Crippen molar-refractivity contribution in [3.05, 3.63) is 94.1 Å². The largest absolute Gasteiger partial charge is 0.496 e. The molecule has 8 heteroatoms. The van der Waals surface area contributed by atoms with E-state index in [0.717, 1.165) is 27.8 Å². The summed E-state index contributed by atoms with van der Waals surface area (Å²) in [7, 11) is 1.60. The van der Waals surface area contributed by atoms with Gasteiger partial charge in [-0.25, -0.2) is 0 Å². The molecule has 0 aliphatic heterocycles. The summed E-state index contributed by atoms with van der Waals surface area (Å²) < 4.78 is 21.9. The number of hydrogen-bond donors (Lipinski definition) is 0. The Hall–Kier alpha value is -4.10. The van der Waals surface area contributed by atoms with Gasteiger partial charge in [0.15, 0.2) is 5.76 Å². The van der Waals surface area contributed by atoms with Gasteiger partial charge >= 0.3 is 11.9 Å². The second kappa shape index (κ2) is 12.6. The molecular formula is C31H30ClNO6. The smallest absolute Gasteiger partial charge is 0.311 e. The summed E-state index contributed by atoms with van der Waals surface area (Å²) in [5, 5.41) is 4.64. The van der Waals surface area contributed by atoms with Gasteiger partial charge in [0.25, 0.3) is 0 Å². The molecule has 202 valence electrons. The van der Waals surface area contributed by atoms with Crippen LogP contribution in [0.2, 0.25) is 5.02 Å². The van der Waals surface area contributed by atoms with E-state index in [1.165, 1.54) is 0 Å². The fourth-order valence-electron chi connectivity index (χ4n) is 4.35. The minimum Gasteiger partial charge on any atom is -0.496 e. The van der Waals surface area contributed by atoms with Crippen LogP contribution in [-0.2, 0) is 31.9 Å². The van der Waals surface area contributed by atoms with Crippen molar-refractivity contribution in [2.45, 2.75) is 39.7 Å². The highest BCUT2D eigenvalue weighted by molar-refractivity contribution is 6.31. The van der Waals surface area contributed by atoms with Gasteiger partial charge in [0, 0.05) is 27.3 Å². The molecular weight excluding hydrogens is 518 g/mol. The van der Waals surface area contributed by atoms with Gasteiger partial charge in [0.2, 0.25) is 0 Å². The van der Waals surface area contributed by atoms with Crippen LogP contribution in [0, 0.1) is 6.92 Å². The molecule has 0 radical (unpaired) electrons. The van der Waals surface area contributed by atoms with Crippen molar-refractivity contribution in [2.75, 3.05) is 13.7 Å². The molecule has 1 unspecified atom stereocenters. The Morgan fingerprint density at radius 3 is 2.38 bits per heavy atom. The zero-order valence-corrected chi connectivity index (χ0v) is 23.1. The summed E-state index contributed by atoms with van der Waals surface area (Å²) in [4.78, 5) is 24.8. The second-order valence-corrected chi connectivity index (χ2v) is 9.41. The first-order valence-corrected chi connectivity index (χ1v) is 13.0. The Morgan fingerprint density at radius 1 is 0.974 bits per heavy atom. The van der Waals surface area contributed by atoms with Crippen LogP contribution in [0.3, 0.4) is 0 Å². The van der Waals surface area contributed by atoms with Crippen LogP contribution in [0.5, 0.6) is 5.75 Å². The van der Waals surface area contributed by atoms with Crippen LogP contribution in [0.4, 0.5) is 0 Å². The van der Waals surface area contributed by atoms with Crippen LogP contribution >= 0.6 is 11.6 Å². The van der Waals surface area contributed by atoms with E-state index >= 15 is 0 Å². The number of aryl methyl sites for hydroxylation is 1. The highest BCUT2D eigenvalue weighted by Gasteiger charge is 2.21. The van der Waals surface area contributed by atoms with E-state index in [0.29, 0.717) is 34.4 Å². The number of aromatic nitrogens is 1. The van der Waals surface area contributed by atoms with Gasteiger partial charge in [0.05, 0.1) is 32.3 Å². The first-order valence-electron chi connectivity index (χ1n) is 12.6. The summed E-state index contributed by atoms with van der Waals surface area (Å²) in [6.07, 6.45) is -0.316. The van der Waals surface area contributed by atoms with Gasteiger partial charge < -0.3 is 18.7 Å². The molecule has 0 saturated heterocycles. The Morgan fingerprint density at radius 2 is 1.69 bits per heavy atom. The Bertz CT molecular complexity index is 1460. The van der Waals surface area contributed by atoms with E-state index in [2.05, 4.69) is 5.16 Å². The third-order valence-corrected chi connectivity index (χ3v) is 6.68. The van der Waals surface area contributed by atoms with Crippen molar-refractivity contribution >= 4 is 23.5 Å². The van der Waals surface area contributed by atoms with E-state index < -0.39 is 12.1 Å². The van der Waals surface area contributed by atoms with Crippen molar-refractivity contribution in [2.24, 2.45) is 0 Å². The number of rotatable bonds is 10. The van der Waals surface area contributed by atoms with Crippen LogP contribution in [-0.4, -0.2) is 30.8 Å². The number of nitrogens with zero attached hydrogens (tertiary/aromatic N) is 1. The lowest BCUT2D eigenvalue weighted by Gasteiger charge is -2.15. The van der Waals surface area contributed by atoms with Gasteiger partial charge in [-0.2, -0.15) is 0 Å². The van der Waals surface area contributed by atoms with Crippen LogP contribution in [0.1, 0.15) is 42.3 Å². The van der Waals surface area contributed by atoms with E-state index in [4.69, 9.17) is 30.3 Å². The van der Waals surface area contributed by atoms with Crippen molar-refractivity contribution in [1.82, 2.24) is 5.16 Å². The number of methoxy groups -OCH3 is 1. The molecule has 3 aromatic carbocycles. The van der Waals surface area contributed by atoms with Crippen molar-refractivity contribution < 1.29 is 28.3 Å². The molecule has 0 spiro atoms. The third-order valence-electron chi connectivity index (χ3n) is 6.33. The van der Waals surface area contributed by atoms with Crippen LogP contribution in [0.25, 0.3) is 22.5 Å². The lowest BCUT2D eigenvalue weighted by molar-refractivity contribution is -0.147. The van der Waals surface area contributed by atoms with Gasteiger partial charge in [-0.15, -0.1) is 0 Å². The Balaban J connectivity index is 1.53. The number of benzene rings is 3. The van der Waals surface area contributed by atoms with Crippen molar-refractivity contribution in [3.63, 3.8) is 0 Å². The molecule has 7 nitrogen and oxygen atoms in total. The highest BCUT2D eigenvalue weighted by Crippen LogP contribution is 2.34. The molecule has 1 atom stereocenters. The fraction of sp³-hybridized carbons (Fsp3) is 0.258. The second-order valence-electron chi connectivity index (χ2n) is 9.00. The Labute approximate surface area is 232 Å². The number of hydrogen-bond acceptors (Lipinski definition) is 7. The average molecular weight is 548 g/mol. The van der Waals surface area contributed by atoms with Gasteiger partial charge in [-0.1, -0.05) is 65.3 Å². The number of carbonyl (C=O) groups excluding carboxylic acids is 2. The van der Waals surface area contributed by atoms with Gasteiger partial charge in [-0.3, -0.25) is 9.59 Å². The van der Waals surface area contributed by atoms with Crippen molar-refractivity contribution in [1.29, 1.82) is 0 Å². The fourth-order valence-corrected chi connectivity index (χ4v) is 4.64. The summed E-state index contributed by atoms with van der Waals surface area (Å²) in [5.41, 5.74) is 5.35. The van der Waals surface area contributed by atoms with Crippen LogP contribution < -0.4 is 4.74 Å². The normalized spacial score (nSPS) is 11.6. The zero-order chi connectivity index (χ0) is 27.9. The maximum atomic E-state index is 12.8. The maximum Gasteiger partial charge on any atom is 0.311 e. The summed E-state index contributed by atoms with van der Waals surface area (Å²) >= 11 is 6.25. The van der Waals surface area contributed by atoms with Crippen LogP contribution in [0.15, 0.2) is 71.3 Å². The minimum absolute atomic E-state index is 0.00490. The lowest BCUT2D eigenvalue weighted by Crippen LogP contribution is -2.12. The molecule has 0 N–H and O–H groups in total. The predicted molar refractivity (Wildman–Crippen MR) is 149 cm³/mol. The van der Waals surface area contributed by atoms with E-state index in [9.17, 15) is 9.59 Å². The van der Waals surface area contributed by atoms with Crippen molar-refractivity contribution in [3.8, 4) is 28.2 Å². The summed E-state index contributed by atoms with van der Waals surface area (Å²) in [6, 6.07) is 20.5. The van der Waals surface area contributed by atoms with Gasteiger partial charge in [-0.05, 0) is 50.1 Å². The average Bonchev–Trinajstić information content (AvgIpc) is 3.28. The number of halogens is 1. The Kier molecular flexibility index (Phi) is 9.04. The molecule has 0 fully saturated rings. The molecule has 4 aromatic rings. The number of esters is 2. The predicted octanol–water partition coefficient (Wildman–Crippen LogP) is 6.93. The standard InChI is InChI=1S/C31H30ClNO6/c1-5-37-29(34)17-21-10-15-28(36-4)26(16-21)22-11-13-23(14-12-22)31-25(19(2)33-39-31)18-30(35)38-20(3)24-8-6-7-9-27(24)32/h6-16,20H,5,17-18H2,1-4H3. The molecule has 1 heterocycles. The lowest BCUT2D eigenvalue weighted by atomic mass is 9.98. The monoisotopic (exact) mass is 547 g/mol. The van der Waals surface area contributed by atoms with E-state index in [1.807, 2.05) is 60.7 Å². The molecule has 39 heavy (non-hydrogen) atoms. The molecule has 0 saturated carbocycles. The molecule has 1 aromatic heterocycles. The van der Waals surface area contributed by atoms with E-state index in [-0.39, 0.29) is 18.8 Å². The first kappa shape index (κ1) is 27.9. The maximum absolute atomic E-state index is 12.8. The topological polar surface area (TPSA) is 87.9 Å². The summed E-state index contributed by atoms with van der Waals surface area (Å²) in [6.45, 7) is 5.70. The minimum atomic E-state index is -0.497. The molecule has 4 rings (SSSR count). The first-order chi connectivity index (χ1) is 18.8. The molecule has 0 aliphatic rings. The molecule has 0 amide bonds. The number of carbonyl (C=O) groups is 2. The van der Waals surface area contributed by atoms with E-state index in [1.54, 1.807) is 33.9 Å². The quantitative estimate of drug-likeness (QED) is 0.199. The molecule has 0 aliphatic carbocycles. The SMILES string of the molecule is CCOC(=O)Cc1ccc(OC)c(-c2ccc(-c3onc(C)c3CC(=O)OC(C)c3ccccc3Cl)cc2)c1. The zero-order valence-electron chi connectivity index (χ0n) is 22.3. The molecule has 0 bridgehead atoms. The highest BCUT2D eigenvalue weighted by atomic mass is 35.5.